The van der Waals surface area contributed by atoms with Crippen molar-refractivity contribution in [2.45, 2.75) is 32.2 Å². The lowest BCUT2D eigenvalue weighted by Crippen LogP contribution is -2.43. The van der Waals surface area contributed by atoms with Gasteiger partial charge in [-0.2, -0.15) is 0 Å². The molecule has 0 spiro atoms. The lowest BCUT2D eigenvalue weighted by atomic mass is 10.0. The highest BCUT2D eigenvalue weighted by Crippen LogP contribution is 2.27. The van der Waals surface area contributed by atoms with Crippen LogP contribution in [0.1, 0.15) is 25.8 Å². The summed E-state index contributed by atoms with van der Waals surface area (Å²) >= 11 is 3.39. The fourth-order valence-corrected chi connectivity index (χ4v) is 2.81. The number of ketones is 1. The zero-order valence-electron chi connectivity index (χ0n) is 10.6. The Hall–Kier alpha value is -1.16. The maximum atomic E-state index is 12.2. The molecule has 1 heterocycles. The zero-order valence-corrected chi connectivity index (χ0v) is 12.2. The average molecular weight is 310 g/mol. The van der Waals surface area contributed by atoms with Crippen molar-refractivity contribution in [1.29, 1.82) is 0 Å². The first-order valence-electron chi connectivity index (χ1n) is 5.95. The lowest BCUT2D eigenvalue weighted by Gasteiger charge is -2.30. The average Bonchev–Trinajstić information content (AvgIpc) is 2.51. The van der Waals surface area contributed by atoms with E-state index >= 15 is 0 Å². The molecule has 0 N–H and O–H groups in total. The molecule has 1 aliphatic rings. The van der Waals surface area contributed by atoms with Gasteiger partial charge in [-0.15, -0.1) is 0 Å². The van der Waals surface area contributed by atoms with Gasteiger partial charge in [0.05, 0.1) is 13.0 Å². The molecule has 0 unspecified atom stereocenters. The van der Waals surface area contributed by atoms with Crippen LogP contribution in [-0.2, 0) is 16.0 Å². The minimum atomic E-state index is -0.347. The van der Waals surface area contributed by atoms with Gasteiger partial charge in [-0.3, -0.25) is 9.59 Å². The molecule has 4 heteroatoms. The summed E-state index contributed by atoms with van der Waals surface area (Å²) in [4.78, 5) is 25.4. The van der Waals surface area contributed by atoms with E-state index in [1.807, 2.05) is 38.1 Å². The van der Waals surface area contributed by atoms with Crippen LogP contribution in [0.4, 0.5) is 0 Å². The van der Waals surface area contributed by atoms with Crippen LogP contribution in [0.15, 0.2) is 28.7 Å². The number of amides is 1. The largest absolute Gasteiger partial charge is 0.330 e. The number of carbonyl (C=O) groups excluding carboxylic acids is 2. The molecule has 2 rings (SSSR count). The monoisotopic (exact) mass is 309 g/mol. The molecule has 1 aliphatic heterocycles. The molecule has 3 nitrogen and oxygen atoms in total. The molecular formula is C14H16BrNO2. The molecule has 0 bridgehead atoms. The molecule has 1 aromatic carbocycles. The summed E-state index contributed by atoms with van der Waals surface area (Å²) in [6.45, 7) is 4.13. The summed E-state index contributed by atoms with van der Waals surface area (Å²) in [6, 6.07) is 7.70. The number of hydrogen-bond donors (Lipinski definition) is 0. The third kappa shape index (κ3) is 2.80. The third-order valence-electron chi connectivity index (χ3n) is 3.24. The number of likely N-dealkylation sites (tertiary alicyclic amines) is 1. The van der Waals surface area contributed by atoms with E-state index < -0.39 is 0 Å². The van der Waals surface area contributed by atoms with Gasteiger partial charge in [-0.05, 0) is 31.5 Å². The van der Waals surface area contributed by atoms with Gasteiger partial charge in [-0.1, -0.05) is 28.1 Å². The molecule has 0 aromatic heterocycles. The van der Waals surface area contributed by atoms with Gasteiger partial charge < -0.3 is 4.90 Å². The number of nitrogens with zero attached hydrogens (tertiary/aromatic N) is 1. The van der Waals surface area contributed by atoms with Crippen LogP contribution >= 0.6 is 15.9 Å². The molecule has 1 aromatic rings. The number of hydrogen-bond acceptors (Lipinski definition) is 2. The molecular weight excluding hydrogens is 294 g/mol. The minimum Gasteiger partial charge on any atom is -0.330 e. The van der Waals surface area contributed by atoms with Crippen molar-refractivity contribution in [3.63, 3.8) is 0 Å². The van der Waals surface area contributed by atoms with Crippen molar-refractivity contribution in [2.24, 2.45) is 0 Å². The maximum absolute atomic E-state index is 12.2. The zero-order chi connectivity index (χ0) is 13.3. The van der Waals surface area contributed by atoms with Gasteiger partial charge >= 0.3 is 0 Å². The van der Waals surface area contributed by atoms with Crippen molar-refractivity contribution >= 4 is 27.6 Å². The number of halogens is 1. The van der Waals surface area contributed by atoms with Crippen LogP contribution in [0, 0.1) is 0 Å². The highest BCUT2D eigenvalue weighted by Gasteiger charge is 2.39. The summed E-state index contributed by atoms with van der Waals surface area (Å²) < 4.78 is 0.963. The third-order valence-corrected chi connectivity index (χ3v) is 3.73. The SMILES string of the molecule is CC1(C)CC(=O)CN1C(=O)Cc1cccc(Br)c1. The van der Waals surface area contributed by atoms with Gasteiger partial charge in [0.15, 0.2) is 5.78 Å². The van der Waals surface area contributed by atoms with Gasteiger partial charge in [0.25, 0.3) is 0 Å². The van der Waals surface area contributed by atoms with Crippen LogP contribution in [-0.4, -0.2) is 28.7 Å². The summed E-state index contributed by atoms with van der Waals surface area (Å²) in [6.07, 6.45) is 0.799. The van der Waals surface area contributed by atoms with Gasteiger partial charge in [0, 0.05) is 16.4 Å². The summed E-state index contributed by atoms with van der Waals surface area (Å²) in [7, 11) is 0. The maximum Gasteiger partial charge on any atom is 0.227 e. The predicted octanol–water partition coefficient (Wildman–Crippen LogP) is 2.57. The predicted molar refractivity (Wildman–Crippen MR) is 73.3 cm³/mol. The Kier molecular flexibility index (Phi) is 3.57. The van der Waals surface area contributed by atoms with Crippen LogP contribution in [0.25, 0.3) is 0 Å². The Morgan fingerprint density at radius 3 is 2.72 bits per heavy atom. The van der Waals surface area contributed by atoms with E-state index in [1.165, 1.54) is 0 Å². The first-order valence-corrected chi connectivity index (χ1v) is 6.74. The minimum absolute atomic E-state index is 0.0175. The van der Waals surface area contributed by atoms with Gasteiger partial charge in [-0.25, -0.2) is 0 Å². The molecule has 0 atom stereocenters. The second-order valence-electron chi connectivity index (χ2n) is 5.31. The smallest absolute Gasteiger partial charge is 0.227 e. The fourth-order valence-electron chi connectivity index (χ4n) is 2.37. The molecule has 0 saturated carbocycles. The second-order valence-corrected chi connectivity index (χ2v) is 6.23. The van der Waals surface area contributed by atoms with E-state index in [1.54, 1.807) is 4.90 Å². The molecule has 0 radical (unpaired) electrons. The molecule has 0 aliphatic carbocycles. The normalized spacial score (nSPS) is 18.2. The Labute approximate surface area is 115 Å². The van der Waals surface area contributed by atoms with Crippen molar-refractivity contribution in [1.82, 2.24) is 4.90 Å². The number of rotatable bonds is 2. The number of benzene rings is 1. The molecule has 96 valence electrons. The van der Waals surface area contributed by atoms with E-state index in [-0.39, 0.29) is 23.8 Å². The summed E-state index contributed by atoms with van der Waals surface area (Å²) in [5.74, 6) is 0.159. The van der Waals surface area contributed by atoms with Crippen molar-refractivity contribution in [3.05, 3.63) is 34.3 Å². The van der Waals surface area contributed by atoms with Crippen LogP contribution in [0.3, 0.4) is 0 Å². The first kappa shape index (κ1) is 13.3. The Balaban J connectivity index is 2.11. The summed E-state index contributed by atoms with van der Waals surface area (Å²) in [5.41, 5.74) is 0.615. The second kappa shape index (κ2) is 4.84. The number of Topliss-reactive ketones (excluding diaryl/α,β-unsaturated/α-hetero) is 1. The topological polar surface area (TPSA) is 37.4 Å². The molecule has 18 heavy (non-hydrogen) atoms. The van der Waals surface area contributed by atoms with E-state index in [0.717, 1.165) is 10.0 Å². The lowest BCUT2D eigenvalue weighted by molar-refractivity contribution is -0.134. The highest BCUT2D eigenvalue weighted by molar-refractivity contribution is 9.10. The standard InChI is InChI=1S/C14H16BrNO2/c1-14(2)8-12(17)9-16(14)13(18)7-10-4-3-5-11(15)6-10/h3-6H,7-9H2,1-2H3. The molecule has 1 fully saturated rings. The fraction of sp³-hybridized carbons (Fsp3) is 0.429. The Morgan fingerprint density at radius 1 is 1.44 bits per heavy atom. The van der Waals surface area contributed by atoms with E-state index in [9.17, 15) is 9.59 Å². The Morgan fingerprint density at radius 2 is 2.17 bits per heavy atom. The van der Waals surface area contributed by atoms with Gasteiger partial charge in [0.2, 0.25) is 5.91 Å². The van der Waals surface area contributed by atoms with E-state index in [2.05, 4.69) is 15.9 Å². The molecule has 1 saturated heterocycles. The number of carbonyl (C=O) groups is 2. The van der Waals surface area contributed by atoms with Crippen LogP contribution in [0.5, 0.6) is 0 Å². The highest BCUT2D eigenvalue weighted by atomic mass is 79.9. The molecule has 1 amide bonds. The van der Waals surface area contributed by atoms with Crippen LogP contribution < -0.4 is 0 Å². The van der Waals surface area contributed by atoms with E-state index in [0.29, 0.717) is 12.8 Å². The van der Waals surface area contributed by atoms with Crippen molar-refractivity contribution in [3.8, 4) is 0 Å². The van der Waals surface area contributed by atoms with Crippen molar-refractivity contribution < 1.29 is 9.59 Å². The van der Waals surface area contributed by atoms with E-state index in [4.69, 9.17) is 0 Å². The quantitative estimate of drug-likeness (QED) is 0.842. The summed E-state index contributed by atoms with van der Waals surface area (Å²) in [5, 5.41) is 0. The van der Waals surface area contributed by atoms with Crippen LogP contribution in [0.2, 0.25) is 0 Å². The van der Waals surface area contributed by atoms with Gasteiger partial charge in [0.1, 0.15) is 0 Å². The van der Waals surface area contributed by atoms with Crippen molar-refractivity contribution in [2.75, 3.05) is 6.54 Å². The first-order chi connectivity index (χ1) is 8.38. The Bertz CT molecular complexity index is 496.